The lowest BCUT2D eigenvalue weighted by Gasteiger charge is -2.36. The molecule has 5 nitrogen and oxygen atoms in total. The Bertz CT molecular complexity index is 746. The van der Waals surface area contributed by atoms with Gasteiger partial charge in [0.25, 0.3) is 0 Å². The van der Waals surface area contributed by atoms with E-state index in [1.165, 1.54) is 4.90 Å². The summed E-state index contributed by atoms with van der Waals surface area (Å²) in [5, 5.41) is 0. The summed E-state index contributed by atoms with van der Waals surface area (Å²) in [6.45, 7) is 6.04. The molecule has 0 aliphatic carbocycles. The molecule has 136 valence electrons. The van der Waals surface area contributed by atoms with Gasteiger partial charge in [-0.3, -0.25) is 19.6 Å². The van der Waals surface area contributed by atoms with Crippen molar-refractivity contribution in [2.75, 3.05) is 49.9 Å². The van der Waals surface area contributed by atoms with Crippen LogP contribution in [-0.2, 0) is 11.3 Å². The minimum atomic E-state index is 0.218. The van der Waals surface area contributed by atoms with E-state index in [-0.39, 0.29) is 5.91 Å². The highest BCUT2D eigenvalue weighted by Crippen LogP contribution is 2.34. The zero-order valence-corrected chi connectivity index (χ0v) is 15.7. The summed E-state index contributed by atoms with van der Waals surface area (Å²) in [4.78, 5) is 25.1. The van der Waals surface area contributed by atoms with Crippen LogP contribution in [0, 0.1) is 0 Å². The van der Waals surface area contributed by atoms with Crippen LogP contribution in [0.15, 0.2) is 53.6 Å². The largest absolute Gasteiger partial charge is 0.309 e. The summed E-state index contributed by atoms with van der Waals surface area (Å²) in [6.07, 6.45) is 1.85. The number of para-hydroxylation sites is 1. The lowest BCUT2D eigenvalue weighted by molar-refractivity contribution is -0.120. The lowest BCUT2D eigenvalue weighted by atomic mass is 10.2. The predicted molar refractivity (Wildman–Crippen MR) is 105 cm³/mol. The van der Waals surface area contributed by atoms with Crippen molar-refractivity contribution in [1.29, 1.82) is 0 Å². The van der Waals surface area contributed by atoms with Crippen molar-refractivity contribution in [3.8, 4) is 0 Å². The molecular weight excluding hydrogens is 344 g/mol. The van der Waals surface area contributed by atoms with Gasteiger partial charge in [-0.1, -0.05) is 18.2 Å². The second-order valence-electron chi connectivity index (χ2n) is 6.73. The number of nitrogens with zero attached hydrogens (tertiary/aromatic N) is 4. The van der Waals surface area contributed by atoms with Gasteiger partial charge in [0.1, 0.15) is 0 Å². The van der Waals surface area contributed by atoms with E-state index in [0.29, 0.717) is 6.54 Å². The highest BCUT2D eigenvalue weighted by Gasteiger charge is 2.25. The molecule has 1 amide bonds. The van der Waals surface area contributed by atoms with Crippen molar-refractivity contribution in [1.82, 2.24) is 14.8 Å². The fraction of sp³-hybridized carbons (Fsp3) is 0.400. The minimum Gasteiger partial charge on any atom is -0.309 e. The Morgan fingerprint density at radius 2 is 1.73 bits per heavy atom. The molecule has 0 spiro atoms. The van der Waals surface area contributed by atoms with Gasteiger partial charge in [-0.2, -0.15) is 0 Å². The average Bonchev–Trinajstić information content (AvgIpc) is 2.70. The van der Waals surface area contributed by atoms with Gasteiger partial charge in [0.15, 0.2) is 0 Å². The quantitative estimate of drug-likeness (QED) is 0.828. The smallest absolute Gasteiger partial charge is 0.241 e. The number of hydrogen-bond donors (Lipinski definition) is 0. The van der Waals surface area contributed by atoms with E-state index in [1.54, 1.807) is 0 Å². The summed E-state index contributed by atoms with van der Waals surface area (Å²) in [6, 6.07) is 14.3. The molecule has 4 rings (SSSR count). The fourth-order valence-electron chi connectivity index (χ4n) is 3.53. The predicted octanol–water partition coefficient (Wildman–Crippen LogP) is 2.34. The highest BCUT2D eigenvalue weighted by molar-refractivity contribution is 7.99. The molecular formula is C20H24N4OS. The Labute approximate surface area is 159 Å². The molecule has 26 heavy (non-hydrogen) atoms. The molecule has 1 fully saturated rings. The van der Waals surface area contributed by atoms with Crippen LogP contribution in [0.5, 0.6) is 0 Å². The Hall–Kier alpha value is -1.89. The van der Waals surface area contributed by atoms with Gasteiger partial charge < -0.3 is 4.90 Å². The van der Waals surface area contributed by atoms with Crippen LogP contribution >= 0.6 is 11.8 Å². The van der Waals surface area contributed by atoms with E-state index in [9.17, 15) is 4.79 Å². The number of fused-ring (bicyclic) bond motifs is 1. The number of piperazine rings is 1. The second kappa shape index (κ2) is 8.20. The van der Waals surface area contributed by atoms with E-state index < -0.39 is 0 Å². The third kappa shape index (κ3) is 4.09. The van der Waals surface area contributed by atoms with Gasteiger partial charge in [0.05, 0.1) is 17.9 Å². The van der Waals surface area contributed by atoms with Crippen molar-refractivity contribution in [2.24, 2.45) is 0 Å². The number of carbonyl (C=O) groups is 1. The van der Waals surface area contributed by atoms with Gasteiger partial charge in [0.2, 0.25) is 5.91 Å². The number of pyridine rings is 1. The first-order valence-electron chi connectivity index (χ1n) is 9.16. The maximum absolute atomic E-state index is 12.9. The standard InChI is InChI=1S/C20H24N4OS/c25-20(24-13-14-26-19-7-2-1-6-18(19)24)16-23-11-9-22(10-12-23)15-17-5-3-4-8-21-17/h1-8H,9-16H2. The average molecular weight is 369 g/mol. The van der Waals surface area contributed by atoms with Crippen LogP contribution < -0.4 is 4.90 Å². The van der Waals surface area contributed by atoms with Crippen LogP contribution in [0.4, 0.5) is 5.69 Å². The van der Waals surface area contributed by atoms with Crippen molar-refractivity contribution >= 4 is 23.4 Å². The van der Waals surface area contributed by atoms with Crippen molar-refractivity contribution in [2.45, 2.75) is 11.4 Å². The number of thioether (sulfide) groups is 1. The maximum atomic E-state index is 12.9. The first-order chi connectivity index (χ1) is 12.8. The Morgan fingerprint density at radius 3 is 2.54 bits per heavy atom. The normalized spacial score (nSPS) is 18.5. The van der Waals surface area contributed by atoms with Crippen molar-refractivity contribution in [3.05, 3.63) is 54.4 Å². The molecule has 0 radical (unpaired) electrons. The molecule has 6 heteroatoms. The zero-order valence-electron chi connectivity index (χ0n) is 14.9. The highest BCUT2D eigenvalue weighted by atomic mass is 32.2. The van der Waals surface area contributed by atoms with E-state index >= 15 is 0 Å². The second-order valence-corrected chi connectivity index (χ2v) is 7.87. The van der Waals surface area contributed by atoms with Gasteiger partial charge in [-0.15, -0.1) is 11.8 Å². The molecule has 1 aromatic heterocycles. The summed E-state index contributed by atoms with van der Waals surface area (Å²) in [5.74, 6) is 1.19. The monoisotopic (exact) mass is 368 g/mol. The first kappa shape index (κ1) is 17.5. The first-order valence-corrected chi connectivity index (χ1v) is 10.1. The molecule has 1 aromatic carbocycles. The van der Waals surface area contributed by atoms with E-state index in [2.05, 4.69) is 33.0 Å². The Kier molecular flexibility index (Phi) is 5.53. The minimum absolute atomic E-state index is 0.218. The topological polar surface area (TPSA) is 39.7 Å². The van der Waals surface area contributed by atoms with Gasteiger partial charge >= 0.3 is 0 Å². The molecule has 0 atom stereocenters. The molecule has 1 saturated heterocycles. The van der Waals surface area contributed by atoms with Crippen molar-refractivity contribution in [3.63, 3.8) is 0 Å². The maximum Gasteiger partial charge on any atom is 0.241 e. The molecule has 0 unspecified atom stereocenters. The van der Waals surface area contributed by atoms with Crippen molar-refractivity contribution < 1.29 is 4.79 Å². The lowest BCUT2D eigenvalue weighted by Crippen LogP contribution is -2.50. The Balaban J connectivity index is 1.30. The summed E-state index contributed by atoms with van der Waals surface area (Å²) in [7, 11) is 0. The molecule has 3 heterocycles. The van der Waals surface area contributed by atoms with E-state index in [4.69, 9.17) is 0 Å². The molecule has 2 aliphatic rings. The van der Waals surface area contributed by atoms with E-state index in [1.807, 2.05) is 47.1 Å². The van der Waals surface area contributed by atoms with Crippen LogP contribution in [0.2, 0.25) is 0 Å². The molecule has 2 aliphatic heterocycles. The summed E-state index contributed by atoms with van der Waals surface area (Å²) in [5.41, 5.74) is 2.18. The molecule has 0 bridgehead atoms. The summed E-state index contributed by atoms with van der Waals surface area (Å²) >= 11 is 1.84. The van der Waals surface area contributed by atoms with E-state index in [0.717, 1.165) is 56.4 Å². The number of rotatable bonds is 4. The number of aromatic nitrogens is 1. The number of carbonyl (C=O) groups excluding carboxylic acids is 1. The molecule has 2 aromatic rings. The van der Waals surface area contributed by atoms with Crippen LogP contribution in [0.25, 0.3) is 0 Å². The number of hydrogen-bond acceptors (Lipinski definition) is 5. The molecule has 0 N–H and O–H groups in total. The fourth-order valence-corrected chi connectivity index (χ4v) is 4.53. The van der Waals surface area contributed by atoms with Crippen LogP contribution in [0.1, 0.15) is 5.69 Å². The van der Waals surface area contributed by atoms with Gasteiger partial charge in [-0.25, -0.2) is 0 Å². The van der Waals surface area contributed by atoms with Gasteiger partial charge in [-0.05, 0) is 24.3 Å². The zero-order chi connectivity index (χ0) is 17.8. The Morgan fingerprint density at radius 1 is 0.962 bits per heavy atom. The third-order valence-corrected chi connectivity index (χ3v) is 6.01. The summed E-state index contributed by atoms with van der Waals surface area (Å²) < 4.78 is 0. The number of benzene rings is 1. The number of anilines is 1. The SMILES string of the molecule is O=C(CN1CCN(Cc2ccccn2)CC1)N1CCSc2ccccc21. The van der Waals surface area contributed by atoms with Crippen LogP contribution in [-0.4, -0.2) is 65.7 Å². The van der Waals surface area contributed by atoms with Crippen LogP contribution in [0.3, 0.4) is 0 Å². The van der Waals surface area contributed by atoms with Gasteiger partial charge in [0, 0.05) is 56.1 Å². The number of amides is 1. The molecule has 0 saturated carbocycles. The third-order valence-electron chi connectivity index (χ3n) is 4.97.